The van der Waals surface area contributed by atoms with Gasteiger partial charge in [-0.05, 0) is 29.9 Å². The van der Waals surface area contributed by atoms with Crippen molar-refractivity contribution < 1.29 is 9.53 Å². The smallest absolute Gasteiger partial charge is 0.172 e. The number of halogens is 1. The van der Waals surface area contributed by atoms with E-state index < -0.39 is 0 Å². The highest BCUT2D eigenvalue weighted by molar-refractivity contribution is 7.99. The van der Waals surface area contributed by atoms with E-state index in [-0.39, 0.29) is 5.78 Å². The van der Waals surface area contributed by atoms with Crippen LogP contribution < -0.4 is 4.74 Å². The summed E-state index contributed by atoms with van der Waals surface area (Å²) in [6.07, 6.45) is 0. The first-order chi connectivity index (χ1) is 8.04. The van der Waals surface area contributed by atoms with Crippen molar-refractivity contribution in [2.75, 3.05) is 18.6 Å². The topological polar surface area (TPSA) is 26.3 Å². The molecule has 0 aliphatic rings. The van der Waals surface area contributed by atoms with Crippen LogP contribution >= 0.6 is 23.4 Å². The summed E-state index contributed by atoms with van der Waals surface area (Å²) in [6.45, 7) is 4.28. The zero-order valence-corrected chi connectivity index (χ0v) is 11.9. The number of ketones is 1. The molecule has 0 aliphatic heterocycles. The maximum atomic E-state index is 11.9. The van der Waals surface area contributed by atoms with Crippen LogP contribution in [-0.4, -0.2) is 24.4 Å². The van der Waals surface area contributed by atoms with E-state index in [4.69, 9.17) is 16.3 Å². The molecule has 1 rings (SSSR count). The van der Waals surface area contributed by atoms with Crippen LogP contribution in [-0.2, 0) is 0 Å². The average molecular weight is 273 g/mol. The number of Topliss-reactive ketones (excluding diaryl/α,β-unsaturated/α-hetero) is 1. The SMILES string of the molecule is COc1cc(C(=O)CSCC(C)C)ccc1Cl. The van der Waals surface area contributed by atoms with Gasteiger partial charge in [0.2, 0.25) is 0 Å². The van der Waals surface area contributed by atoms with Crippen molar-refractivity contribution in [1.82, 2.24) is 0 Å². The molecule has 0 saturated carbocycles. The van der Waals surface area contributed by atoms with Crippen LogP contribution in [0.3, 0.4) is 0 Å². The first-order valence-corrected chi connectivity index (χ1v) is 7.02. The lowest BCUT2D eigenvalue weighted by molar-refractivity contribution is 0.102. The van der Waals surface area contributed by atoms with Crippen molar-refractivity contribution in [2.24, 2.45) is 5.92 Å². The molecule has 0 saturated heterocycles. The van der Waals surface area contributed by atoms with Gasteiger partial charge in [0, 0.05) is 5.56 Å². The number of hydrogen-bond donors (Lipinski definition) is 0. The van der Waals surface area contributed by atoms with Gasteiger partial charge >= 0.3 is 0 Å². The highest BCUT2D eigenvalue weighted by atomic mass is 35.5. The van der Waals surface area contributed by atoms with E-state index in [1.54, 1.807) is 37.1 Å². The van der Waals surface area contributed by atoms with Crippen molar-refractivity contribution in [3.05, 3.63) is 28.8 Å². The van der Waals surface area contributed by atoms with E-state index in [0.29, 0.717) is 28.0 Å². The summed E-state index contributed by atoms with van der Waals surface area (Å²) < 4.78 is 5.09. The molecule has 17 heavy (non-hydrogen) atoms. The molecule has 0 heterocycles. The van der Waals surface area contributed by atoms with Crippen molar-refractivity contribution in [2.45, 2.75) is 13.8 Å². The molecule has 0 spiro atoms. The largest absolute Gasteiger partial charge is 0.495 e. The minimum absolute atomic E-state index is 0.116. The normalized spacial score (nSPS) is 10.6. The molecule has 94 valence electrons. The number of hydrogen-bond acceptors (Lipinski definition) is 3. The molecule has 4 heteroatoms. The van der Waals surface area contributed by atoms with Crippen LogP contribution in [0.2, 0.25) is 5.02 Å². The van der Waals surface area contributed by atoms with Gasteiger partial charge in [-0.25, -0.2) is 0 Å². The summed E-state index contributed by atoms with van der Waals surface area (Å²) >= 11 is 7.56. The van der Waals surface area contributed by atoms with E-state index in [1.807, 2.05) is 0 Å². The summed E-state index contributed by atoms with van der Waals surface area (Å²) in [4.78, 5) is 11.9. The van der Waals surface area contributed by atoms with Gasteiger partial charge in [0.15, 0.2) is 5.78 Å². The number of carbonyl (C=O) groups is 1. The lowest BCUT2D eigenvalue weighted by Gasteiger charge is -2.07. The number of benzene rings is 1. The Balaban J connectivity index is 2.63. The molecule has 1 aromatic carbocycles. The van der Waals surface area contributed by atoms with Crippen LogP contribution in [0.4, 0.5) is 0 Å². The monoisotopic (exact) mass is 272 g/mol. The number of methoxy groups -OCH3 is 1. The molecule has 1 aromatic rings. The zero-order chi connectivity index (χ0) is 12.8. The maximum Gasteiger partial charge on any atom is 0.172 e. The second kappa shape index (κ2) is 6.92. The molecule has 0 amide bonds. The van der Waals surface area contributed by atoms with E-state index in [2.05, 4.69) is 13.8 Å². The van der Waals surface area contributed by atoms with E-state index in [0.717, 1.165) is 5.75 Å². The Morgan fingerprint density at radius 3 is 2.76 bits per heavy atom. The van der Waals surface area contributed by atoms with E-state index in [1.165, 1.54) is 0 Å². The van der Waals surface area contributed by atoms with Crippen molar-refractivity contribution >= 4 is 29.1 Å². The van der Waals surface area contributed by atoms with E-state index >= 15 is 0 Å². The standard InChI is InChI=1S/C13H17ClO2S/c1-9(2)7-17-8-12(15)10-4-5-11(14)13(6-10)16-3/h4-6,9H,7-8H2,1-3H3. The van der Waals surface area contributed by atoms with Gasteiger partial charge in [0.1, 0.15) is 5.75 Å². The molecule has 2 nitrogen and oxygen atoms in total. The van der Waals surface area contributed by atoms with Crippen molar-refractivity contribution in [1.29, 1.82) is 0 Å². The fourth-order valence-electron chi connectivity index (χ4n) is 1.30. The Morgan fingerprint density at radius 2 is 2.18 bits per heavy atom. The first kappa shape index (κ1) is 14.4. The third kappa shape index (κ3) is 4.60. The third-order valence-electron chi connectivity index (χ3n) is 2.16. The minimum Gasteiger partial charge on any atom is -0.495 e. The fourth-order valence-corrected chi connectivity index (χ4v) is 2.44. The van der Waals surface area contributed by atoms with Crippen LogP contribution in [0.1, 0.15) is 24.2 Å². The molecule has 0 unspecified atom stereocenters. The van der Waals surface area contributed by atoms with Crippen LogP contribution in [0.25, 0.3) is 0 Å². The highest BCUT2D eigenvalue weighted by Crippen LogP contribution is 2.25. The van der Waals surface area contributed by atoms with Crippen molar-refractivity contribution in [3.8, 4) is 5.75 Å². The first-order valence-electron chi connectivity index (χ1n) is 5.49. The molecular formula is C13H17ClO2S. The predicted molar refractivity (Wildman–Crippen MR) is 74.5 cm³/mol. The highest BCUT2D eigenvalue weighted by Gasteiger charge is 2.09. The molecule has 0 aliphatic carbocycles. The Kier molecular flexibility index (Phi) is 5.86. The van der Waals surface area contributed by atoms with Gasteiger partial charge in [0.05, 0.1) is 17.9 Å². The molecule has 0 bridgehead atoms. The second-order valence-corrected chi connectivity index (χ2v) is 5.62. The minimum atomic E-state index is 0.116. The zero-order valence-electron chi connectivity index (χ0n) is 10.3. The van der Waals surface area contributed by atoms with Crippen LogP contribution in [0.15, 0.2) is 18.2 Å². The summed E-state index contributed by atoms with van der Waals surface area (Å²) in [6, 6.07) is 5.13. The lowest BCUT2D eigenvalue weighted by Crippen LogP contribution is -2.04. The Labute approximate surface area is 112 Å². The summed E-state index contributed by atoms with van der Waals surface area (Å²) in [5.74, 6) is 2.77. The molecule has 0 fully saturated rings. The molecular weight excluding hydrogens is 256 g/mol. The Morgan fingerprint density at radius 1 is 1.47 bits per heavy atom. The molecule has 0 atom stereocenters. The number of rotatable bonds is 6. The van der Waals surface area contributed by atoms with Gasteiger partial charge in [-0.1, -0.05) is 25.4 Å². The molecule has 0 radical (unpaired) electrons. The van der Waals surface area contributed by atoms with Crippen molar-refractivity contribution in [3.63, 3.8) is 0 Å². The fraction of sp³-hybridized carbons (Fsp3) is 0.462. The number of ether oxygens (including phenoxy) is 1. The number of thioether (sulfide) groups is 1. The van der Waals surface area contributed by atoms with E-state index in [9.17, 15) is 4.79 Å². The van der Waals surface area contributed by atoms with Gasteiger partial charge in [-0.15, -0.1) is 0 Å². The second-order valence-electron chi connectivity index (χ2n) is 4.18. The van der Waals surface area contributed by atoms with Gasteiger partial charge in [-0.2, -0.15) is 11.8 Å². The summed E-state index contributed by atoms with van der Waals surface area (Å²) in [5.41, 5.74) is 0.655. The van der Waals surface area contributed by atoms with Gasteiger partial charge in [-0.3, -0.25) is 4.79 Å². The van der Waals surface area contributed by atoms with Gasteiger partial charge in [0.25, 0.3) is 0 Å². The molecule has 0 aromatic heterocycles. The van der Waals surface area contributed by atoms with Gasteiger partial charge < -0.3 is 4.74 Å². The Bertz CT molecular complexity index is 391. The van der Waals surface area contributed by atoms with Crippen LogP contribution in [0.5, 0.6) is 5.75 Å². The lowest BCUT2D eigenvalue weighted by atomic mass is 10.1. The molecule has 0 N–H and O–H groups in total. The maximum absolute atomic E-state index is 11.9. The third-order valence-corrected chi connectivity index (χ3v) is 3.84. The summed E-state index contributed by atoms with van der Waals surface area (Å²) in [5, 5.41) is 0.527. The predicted octanol–water partition coefficient (Wildman–Crippen LogP) is 3.92. The Hall–Kier alpha value is -0.670. The van der Waals surface area contributed by atoms with Crippen LogP contribution in [0, 0.1) is 5.92 Å². The average Bonchev–Trinajstić information content (AvgIpc) is 2.29. The summed E-state index contributed by atoms with van der Waals surface area (Å²) in [7, 11) is 1.54. The number of carbonyl (C=O) groups excluding carboxylic acids is 1. The quantitative estimate of drug-likeness (QED) is 0.734.